The van der Waals surface area contributed by atoms with Gasteiger partial charge in [-0.15, -0.1) is 11.3 Å². The predicted molar refractivity (Wildman–Crippen MR) is 159 cm³/mol. The van der Waals surface area contributed by atoms with E-state index < -0.39 is 29.0 Å². The zero-order chi connectivity index (χ0) is 29.4. The van der Waals surface area contributed by atoms with E-state index in [-0.39, 0.29) is 30.4 Å². The summed E-state index contributed by atoms with van der Waals surface area (Å²) in [6, 6.07) is 10.3. The number of aryl methyl sites for hydroxylation is 1. The molecule has 1 aromatic heterocycles. The van der Waals surface area contributed by atoms with Gasteiger partial charge >= 0.3 is 5.97 Å². The molecule has 0 radical (unpaired) electrons. The summed E-state index contributed by atoms with van der Waals surface area (Å²) in [4.78, 5) is 29.7. The van der Waals surface area contributed by atoms with E-state index in [1.807, 2.05) is 27.0 Å². The van der Waals surface area contributed by atoms with Crippen LogP contribution in [0.25, 0.3) is 10.4 Å². The van der Waals surface area contributed by atoms with Gasteiger partial charge in [0.15, 0.2) is 0 Å². The van der Waals surface area contributed by atoms with E-state index >= 15 is 0 Å². The number of ether oxygens (including phenoxy) is 1. The van der Waals surface area contributed by atoms with E-state index in [0.29, 0.717) is 12.8 Å². The number of nitrogens with zero attached hydrogens (tertiary/aromatic N) is 1. The van der Waals surface area contributed by atoms with Crippen LogP contribution in [0.2, 0.25) is 0 Å². The first-order valence-corrected chi connectivity index (χ1v) is 14.7. The van der Waals surface area contributed by atoms with Crippen molar-refractivity contribution in [3.8, 4) is 10.4 Å². The third kappa shape index (κ3) is 6.75. The average Bonchev–Trinajstić information content (AvgIpc) is 3.57. The van der Waals surface area contributed by atoms with Gasteiger partial charge in [0.05, 0.1) is 18.1 Å². The fraction of sp³-hybridized carbons (Fsp3) is 0.516. The number of amides is 1. The van der Waals surface area contributed by atoms with Gasteiger partial charge in [0, 0.05) is 29.7 Å². The molecule has 1 amide bonds. The lowest BCUT2D eigenvalue weighted by Crippen LogP contribution is -2.56. The number of thiophene rings is 1. The summed E-state index contributed by atoms with van der Waals surface area (Å²) < 4.78 is 5.43. The summed E-state index contributed by atoms with van der Waals surface area (Å²) in [7, 11) is 0. The molecule has 9 heteroatoms. The van der Waals surface area contributed by atoms with Crippen molar-refractivity contribution < 1.29 is 19.4 Å². The van der Waals surface area contributed by atoms with Gasteiger partial charge in [0.1, 0.15) is 17.5 Å². The molecule has 0 saturated carbocycles. The summed E-state index contributed by atoms with van der Waals surface area (Å²) >= 11 is 1.74. The van der Waals surface area contributed by atoms with E-state index in [2.05, 4.69) is 53.3 Å². The molecular formula is C31H42N4O4S. The number of carbonyl (C=O) groups excluding carboxylic acids is 2. The summed E-state index contributed by atoms with van der Waals surface area (Å²) in [6.07, 6.45) is 2.03. The van der Waals surface area contributed by atoms with Crippen molar-refractivity contribution in [2.24, 2.45) is 11.3 Å². The first kappa shape index (κ1) is 29.8. The van der Waals surface area contributed by atoms with Crippen LogP contribution in [0.1, 0.15) is 59.1 Å². The van der Waals surface area contributed by atoms with Crippen LogP contribution in [0.3, 0.4) is 0 Å². The molecule has 2 aliphatic rings. The second-order valence-corrected chi connectivity index (χ2v) is 13.8. The molecule has 0 aliphatic carbocycles. The normalized spacial score (nSPS) is 21.9. The Morgan fingerprint density at radius 2 is 1.93 bits per heavy atom. The van der Waals surface area contributed by atoms with Crippen LogP contribution < -0.4 is 10.6 Å². The Hall–Kier alpha value is -3.17. The SMILES string of the molecule is Cc1ccsc1-c1cccc(CC2=CNC([C@@H]3C[C@@H](O)CN3C(=O)[C@@H](C(=N)C(=O)OC(C)(C)C)C(C)(C)C)N2)c1. The molecule has 1 unspecified atom stereocenters. The smallest absolute Gasteiger partial charge is 0.353 e. The van der Waals surface area contributed by atoms with Crippen molar-refractivity contribution in [3.05, 3.63) is 58.7 Å². The Labute approximate surface area is 241 Å². The van der Waals surface area contributed by atoms with Crippen molar-refractivity contribution in [1.82, 2.24) is 15.5 Å². The highest BCUT2D eigenvalue weighted by Gasteiger charge is 2.47. The maximum Gasteiger partial charge on any atom is 0.353 e. The average molecular weight is 567 g/mol. The summed E-state index contributed by atoms with van der Waals surface area (Å²) in [5.74, 6) is -2.15. The van der Waals surface area contributed by atoms with Gasteiger partial charge in [0.25, 0.3) is 0 Å². The van der Waals surface area contributed by atoms with Crippen LogP contribution in [-0.2, 0) is 20.7 Å². The largest absolute Gasteiger partial charge is 0.455 e. The fourth-order valence-corrected chi connectivity index (χ4v) is 6.37. The van der Waals surface area contributed by atoms with Gasteiger partial charge in [-0.2, -0.15) is 0 Å². The molecule has 4 atom stereocenters. The quantitative estimate of drug-likeness (QED) is 0.287. The maximum absolute atomic E-state index is 14.0. The van der Waals surface area contributed by atoms with E-state index in [9.17, 15) is 14.7 Å². The van der Waals surface area contributed by atoms with Crippen LogP contribution >= 0.6 is 11.3 Å². The van der Waals surface area contributed by atoms with E-state index in [1.165, 1.54) is 21.6 Å². The van der Waals surface area contributed by atoms with E-state index in [4.69, 9.17) is 10.1 Å². The first-order valence-electron chi connectivity index (χ1n) is 13.8. The van der Waals surface area contributed by atoms with Crippen molar-refractivity contribution in [3.63, 3.8) is 0 Å². The number of esters is 1. The highest BCUT2D eigenvalue weighted by atomic mass is 32.1. The van der Waals surface area contributed by atoms with Crippen LogP contribution in [0.5, 0.6) is 0 Å². The van der Waals surface area contributed by atoms with E-state index in [1.54, 1.807) is 37.0 Å². The Morgan fingerprint density at radius 3 is 2.55 bits per heavy atom. The lowest BCUT2D eigenvalue weighted by Gasteiger charge is -2.37. The second kappa shape index (κ2) is 11.4. The Morgan fingerprint density at radius 1 is 1.20 bits per heavy atom. The predicted octanol–water partition coefficient (Wildman–Crippen LogP) is 4.61. The molecule has 1 aromatic carbocycles. The number of benzene rings is 1. The summed E-state index contributed by atoms with van der Waals surface area (Å²) in [5, 5.41) is 28.2. The molecule has 0 bridgehead atoms. The van der Waals surface area contributed by atoms with Crippen LogP contribution in [-0.4, -0.2) is 58.1 Å². The van der Waals surface area contributed by atoms with Gasteiger partial charge in [-0.05, 0) is 73.7 Å². The van der Waals surface area contributed by atoms with Gasteiger partial charge < -0.3 is 25.4 Å². The number of allylic oxidation sites excluding steroid dienone is 1. The Bertz CT molecular complexity index is 1300. The Balaban J connectivity index is 1.47. The topological polar surface area (TPSA) is 115 Å². The monoisotopic (exact) mass is 566 g/mol. The number of aliphatic hydroxyl groups is 1. The molecule has 1 fully saturated rings. The molecule has 8 nitrogen and oxygen atoms in total. The lowest BCUT2D eigenvalue weighted by molar-refractivity contribution is -0.149. The molecule has 1 saturated heterocycles. The van der Waals surface area contributed by atoms with Crippen LogP contribution in [0.15, 0.2) is 47.6 Å². The molecule has 2 aromatic rings. The number of nitrogens with one attached hydrogen (secondary N) is 3. The van der Waals surface area contributed by atoms with Crippen molar-refractivity contribution in [2.45, 2.75) is 85.2 Å². The van der Waals surface area contributed by atoms with Crippen LogP contribution in [0.4, 0.5) is 0 Å². The maximum atomic E-state index is 14.0. The molecule has 2 aliphatic heterocycles. The fourth-order valence-electron chi connectivity index (χ4n) is 5.45. The molecular weight excluding hydrogens is 524 g/mol. The van der Waals surface area contributed by atoms with Crippen molar-refractivity contribution in [2.75, 3.05) is 6.54 Å². The molecule has 4 rings (SSSR count). The first-order chi connectivity index (χ1) is 18.6. The zero-order valence-electron chi connectivity index (χ0n) is 24.5. The third-order valence-corrected chi connectivity index (χ3v) is 8.30. The van der Waals surface area contributed by atoms with Gasteiger partial charge in [0.2, 0.25) is 5.91 Å². The number of hydrogen-bond donors (Lipinski definition) is 4. The summed E-state index contributed by atoms with van der Waals surface area (Å²) in [6.45, 7) is 13.0. The molecule has 4 N–H and O–H groups in total. The number of rotatable bonds is 7. The number of carbonyl (C=O) groups is 2. The molecule has 3 heterocycles. The highest BCUT2D eigenvalue weighted by molar-refractivity contribution is 7.13. The number of aliphatic hydroxyl groups excluding tert-OH is 1. The minimum atomic E-state index is -1.01. The minimum absolute atomic E-state index is 0.148. The third-order valence-electron chi connectivity index (χ3n) is 7.23. The van der Waals surface area contributed by atoms with Crippen molar-refractivity contribution in [1.29, 1.82) is 5.41 Å². The zero-order valence-corrected chi connectivity index (χ0v) is 25.3. The van der Waals surface area contributed by atoms with Crippen LogP contribution in [0, 0.1) is 23.7 Å². The van der Waals surface area contributed by atoms with Gasteiger partial charge in [-0.1, -0.05) is 39.0 Å². The van der Waals surface area contributed by atoms with Gasteiger partial charge in [-0.25, -0.2) is 4.79 Å². The Kier molecular flexibility index (Phi) is 8.47. The molecule has 0 spiro atoms. The van der Waals surface area contributed by atoms with E-state index in [0.717, 1.165) is 5.70 Å². The number of β-amino-alcohol motifs (C(OH)–C–C–N with tert-alkyl or cyclic N) is 1. The van der Waals surface area contributed by atoms with Gasteiger partial charge in [-0.3, -0.25) is 10.2 Å². The highest BCUT2D eigenvalue weighted by Crippen LogP contribution is 2.34. The molecule has 216 valence electrons. The second-order valence-electron chi connectivity index (χ2n) is 12.9. The number of hydrogen-bond acceptors (Lipinski definition) is 8. The summed E-state index contributed by atoms with van der Waals surface area (Å²) in [5.41, 5.74) is 2.79. The molecule has 40 heavy (non-hydrogen) atoms. The minimum Gasteiger partial charge on any atom is -0.455 e. The lowest BCUT2D eigenvalue weighted by atomic mass is 9.76. The number of likely N-dealkylation sites (tertiary alicyclic amines) is 1. The standard InChI is InChI=1S/C31H42N4O4S/c1-18-11-12-40-26(18)20-10-8-9-19(13-20)14-21-16-33-27(34-21)23-15-22(36)17-35(23)28(37)24(30(2,3)4)25(32)29(38)39-31(5,6)7/h8-13,16,22-24,27,32-34,36H,14-15,17H2,1-7H3/t22-,23+,24-,27?/m1/s1. The van der Waals surface area contributed by atoms with Crippen molar-refractivity contribution >= 4 is 28.9 Å².